The van der Waals surface area contributed by atoms with E-state index in [4.69, 9.17) is 9.15 Å². The molecule has 0 fully saturated rings. The van der Waals surface area contributed by atoms with Crippen molar-refractivity contribution in [3.05, 3.63) is 59.2 Å². The number of ether oxygens (including phenoxy) is 1. The molecule has 1 aliphatic heterocycles. The Labute approximate surface area is 157 Å². The lowest BCUT2D eigenvalue weighted by atomic mass is 9.75. The number of furan rings is 1. The van der Waals surface area contributed by atoms with E-state index >= 15 is 0 Å². The van der Waals surface area contributed by atoms with E-state index in [1.165, 1.54) is 7.11 Å². The topological polar surface area (TPSA) is 80.6 Å². The molecule has 2 heterocycles. The van der Waals surface area contributed by atoms with Gasteiger partial charge < -0.3 is 19.8 Å². The lowest BCUT2D eigenvalue weighted by molar-refractivity contribution is -0.151. The van der Waals surface area contributed by atoms with Gasteiger partial charge in [0.1, 0.15) is 23.5 Å². The Hall–Kier alpha value is -3.02. The van der Waals surface area contributed by atoms with Gasteiger partial charge in [0.05, 0.1) is 18.5 Å². The normalized spacial score (nSPS) is 24.3. The third kappa shape index (κ3) is 2.91. The van der Waals surface area contributed by atoms with Crippen LogP contribution in [0.2, 0.25) is 0 Å². The number of methoxy groups -OCH3 is 1. The van der Waals surface area contributed by atoms with Crippen LogP contribution in [0, 0.1) is 18.8 Å². The largest absolute Gasteiger partial charge is 0.468 e. The maximum Gasteiger partial charge on any atom is 0.316 e. The van der Waals surface area contributed by atoms with Crippen molar-refractivity contribution in [1.29, 1.82) is 0 Å². The molecule has 1 aromatic carbocycles. The Bertz CT molecular complexity index is 943. The van der Waals surface area contributed by atoms with Gasteiger partial charge in [-0.05, 0) is 43.5 Å². The molecule has 3 atom stereocenters. The minimum Gasteiger partial charge on any atom is -0.468 e. The van der Waals surface area contributed by atoms with Crippen molar-refractivity contribution in [2.24, 2.45) is 11.8 Å². The third-order valence-electron chi connectivity index (χ3n) is 5.27. The summed E-state index contributed by atoms with van der Waals surface area (Å²) in [5, 5.41) is 6.83. The van der Waals surface area contributed by atoms with Gasteiger partial charge in [-0.25, -0.2) is 0 Å². The molecule has 2 aliphatic rings. The van der Waals surface area contributed by atoms with Crippen LogP contribution >= 0.6 is 0 Å². The lowest BCUT2D eigenvalue weighted by Gasteiger charge is -2.31. The van der Waals surface area contributed by atoms with Gasteiger partial charge in [-0.15, -0.1) is 0 Å². The number of allylic oxidation sites excluding steroid dienone is 1. The maximum atomic E-state index is 13.4. The number of benzene rings is 1. The summed E-state index contributed by atoms with van der Waals surface area (Å²) in [4.78, 5) is 25.7. The van der Waals surface area contributed by atoms with E-state index in [-0.39, 0.29) is 11.7 Å². The third-order valence-corrected chi connectivity index (χ3v) is 5.27. The lowest BCUT2D eigenvalue weighted by Crippen LogP contribution is -2.39. The fourth-order valence-corrected chi connectivity index (χ4v) is 3.96. The molecule has 1 aliphatic carbocycles. The maximum absolute atomic E-state index is 13.4. The number of carbonyl (C=O) groups is 2. The van der Waals surface area contributed by atoms with Crippen molar-refractivity contribution in [2.45, 2.75) is 26.3 Å². The molecule has 2 aromatic rings. The molecule has 0 saturated heterocycles. The number of fused-ring (bicyclic) bond motifs is 1. The first-order valence-electron chi connectivity index (χ1n) is 9.03. The molecule has 4 rings (SSSR count). The summed E-state index contributed by atoms with van der Waals surface area (Å²) in [6.45, 7) is 3.77. The molecule has 0 amide bonds. The standard InChI is InChI=1S/C21H22N2O4/c1-11-10-15-18(20(24)17(11)21(25)26-3)19(16-9-8-12(2)27-16)23-14-7-5-4-6-13(14)22-15/h4-9,11,17,19,22-23H,10H2,1-3H3. The van der Waals surface area contributed by atoms with E-state index in [2.05, 4.69) is 10.6 Å². The highest BCUT2D eigenvalue weighted by molar-refractivity contribution is 6.11. The van der Waals surface area contributed by atoms with Crippen molar-refractivity contribution in [1.82, 2.24) is 0 Å². The molecule has 0 saturated carbocycles. The monoisotopic (exact) mass is 366 g/mol. The Kier molecular flexibility index (Phi) is 4.26. The number of Topliss-reactive ketones (excluding diaryl/α,β-unsaturated/α-hetero) is 1. The quantitative estimate of drug-likeness (QED) is 0.621. The predicted molar refractivity (Wildman–Crippen MR) is 101 cm³/mol. The van der Waals surface area contributed by atoms with Gasteiger partial charge in [0.15, 0.2) is 5.78 Å². The first-order valence-corrected chi connectivity index (χ1v) is 9.03. The number of anilines is 2. The highest BCUT2D eigenvalue weighted by atomic mass is 16.5. The second-order valence-electron chi connectivity index (χ2n) is 7.14. The zero-order chi connectivity index (χ0) is 19.1. The van der Waals surface area contributed by atoms with Crippen molar-refractivity contribution in [3.63, 3.8) is 0 Å². The van der Waals surface area contributed by atoms with Crippen LogP contribution in [-0.2, 0) is 14.3 Å². The number of hydrogen-bond acceptors (Lipinski definition) is 6. The smallest absolute Gasteiger partial charge is 0.316 e. The molecular weight excluding hydrogens is 344 g/mol. The van der Waals surface area contributed by atoms with Crippen molar-refractivity contribution < 1.29 is 18.7 Å². The SMILES string of the molecule is COC(=O)C1C(=O)C2=C(CC1C)Nc1ccccc1NC2c1ccc(C)o1. The van der Waals surface area contributed by atoms with Crippen LogP contribution in [0.1, 0.15) is 30.9 Å². The molecule has 0 spiro atoms. The number of nitrogens with one attached hydrogen (secondary N) is 2. The number of ketones is 1. The number of para-hydroxylation sites is 2. The highest BCUT2D eigenvalue weighted by Gasteiger charge is 2.44. The number of hydrogen-bond donors (Lipinski definition) is 2. The van der Waals surface area contributed by atoms with Gasteiger partial charge in [0, 0.05) is 11.3 Å². The van der Waals surface area contributed by atoms with Crippen LogP contribution in [0.5, 0.6) is 0 Å². The minimum atomic E-state index is -0.808. The van der Waals surface area contributed by atoms with Crippen molar-refractivity contribution in [2.75, 3.05) is 17.7 Å². The molecular formula is C21H22N2O4. The molecule has 140 valence electrons. The second kappa shape index (κ2) is 6.61. The summed E-state index contributed by atoms with van der Waals surface area (Å²) in [6.07, 6.45) is 0.576. The summed E-state index contributed by atoms with van der Waals surface area (Å²) < 4.78 is 10.7. The van der Waals surface area contributed by atoms with E-state index in [0.29, 0.717) is 17.8 Å². The summed E-state index contributed by atoms with van der Waals surface area (Å²) in [6, 6.07) is 11.1. The number of rotatable bonds is 2. The number of esters is 1. The van der Waals surface area contributed by atoms with E-state index in [9.17, 15) is 9.59 Å². The van der Waals surface area contributed by atoms with Gasteiger partial charge in [0.25, 0.3) is 0 Å². The van der Waals surface area contributed by atoms with Gasteiger partial charge in [-0.1, -0.05) is 19.1 Å². The fraction of sp³-hybridized carbons (Fsp3) is 0.333. The molecule has 27 heavy (non-hydrogen) atoms. The van der Waals surface area contributed by atoms with Crippen LogP contribution in [0.15, 0.2) is 52.1 Å². The molecule has 0 radical (unpaired) electrons. The summed E-state index contributed by atoms with van der Waals surface area (Å²) in [5.74, 6) is -0.263. The highest BCUT2D eigenvalue weighted by Crippen LogP contribution is 2.43. The van der Waals surface area contributed by atoms with Crippen LogP contribution in [0.3, 0.4) is 0 Å². The van der Waals surface area contributed by atoms with Gasteiger partial charge in [-0.3, -0.25) is 9.59 Å². The van der Waals surface area contributed by atoms with E-state index in [0.717, 1.165) is 22.8 Å². The predicted octanol–water partition coefficient (Wildman–Crippen LogP) is 3.82. The van der Waals surface area contributed by atoms with E-state index < -0.39 is 17.9 Å². The van der Waals surface area contributed by atoms with Crippen LogP contribution < -0.4 is 10.6 Å². The second-order valence-corrected chi connectivity index (χ2v) is 7.14. The summed E-state index contributed by atoms with van der Waals surface area (Å²) in [5.41, 5.74) is 3.13. The van der Waals surface area contributed by atoms with E-state index in [1.807, 2.05) is 50.2 Å². The fourth-order valence-electron chi connectivity index (χ4n) is 3.96. The van der Waals surface area contributed by atoms with Gasteiger partial charge in [0.2, 0.25) is 0 Å². The van der Waals surface area contributed by atoms with Crippen molar-refractivity contribution >= 4 is 23.1 Å². The van der Waals surface area contributed by atoms with Gasteiger partial charge >= 0.3 is 5.97 Å². The van der Waals surface area contributed by atoms with Crippen LogP contribution in [0.25, 0.3) is 0 Å². The molecule has 0 bridgehead atoms. The number of aryl methyl sites for hydroxylation is 1. The Morgan fingerprint density at radius 2 is 1.93 bits per heavy atom. The van der Waals surface area contributed by atoms with Crippen LogP contribution in [-0.4, -0.2) is 18.9 Å². The van der Waals surface area contributed by atoms with Gasteiger partial charge in [-0.2, -0.15) is 0 Å². The van der Waals surface area contributed by atoms with E-state index in [1.54, 1.807) is 0 Å². The molecule has 6 nitrogen and oxygen atoms in total. The minimum absolute atomic E-state index is 0.152. The Balaban J connectivity index is 1.86. The molecule has 2 N–H and O–H groups in total. The zero-order valence-electron chi connectivity index (χ0n) is 15.5. The first kappa shape index (κ1) is 17.4. The van der Waals surface area contributed by atoms with Crippen LogP contribution in [0.4, 0.5) is 11.4 Å². The molecule has 6 heteroatoms. The molecule has 1 aromatic heterocycles. The summed E-state index contributed by atoms with van der Waals surface area (Å²) in [7, 11) is 1.32. The summed E-state index contributed by atoms with van der Waals surface area (Å²) >= 11 is 0. The average Bonchev–Trinajstić information content (AvgIpc) is 3.00. The first-order chi connectivity index (χ1) is 13.0. The number of carbonyl (C=O) groups excluding carboxylic acids is 2. The van der Waals surface area contributed by atoms with Crippen molar-refractivity contribution in [3.8, 4) is 0 Å². The zero-order valence-corrected chi connectivity index (χ0v) is 15.5. The average molecular weight is 366 g/mol. The molecule has 3 unspecified atom stereocenters. The Morgan fingerprint density at radius 3 is 2.59 bits per heavy atom. The Morgan fingerprint density at radius 1 is 1.19 bits per heavy atom.